The Balaban J connectivity index is 1.80. The number of thiophene rings is 1. The van der Waals surface area contributed by atoms with E-state index in [-0.39, 0.29) is 24.8 Å². The van der Waals surface area contributed by atoms with Crippen LogP contribution in [0.4, 0.5) is 5.69 Å². The van der Waals surface area contributed by atoms with E-state index in [0.717, 1.165) is 10.6 Å². The molecule has 124 valence electrons. The Hall–Kier alpha value is -2.30. The van der Waals surface area contributed by atoms with Crippen molar-refractivity contribution >= 4 is 40.6 Å². The zero-order chi connectivity index (χ0) is 17.2. The molecule has 0 aliphatic heterocycles. The zero-order valence-electron chi connectivity index (χ0n) is 13.0. The van der Waals surface area contributed by atoms with Gasteiger partial charge in [-0.3, -0.25) is 9.59 Å². The molecular formula is C17H17N3O2S2. The molecule has 1 aromatic heterocycles. The van der Waals surface area contributed by atoms with E-state index >= 15 is 0 Å². The van der Waals surface area contributed by atoms with Crippen molar-refractivity contribution < 1.29 is 9.59 Å². The normalized spacial score (nSPS) is 9.96. The van der Waals surface area contributed by atoms with Crippen molar-refractivity contribution in [1.29, 1.82) is 5.26 Å². The van der Waals surface area contributed by atoms with Crippen molar-refractivity contribution in [3.63, 3.8) is 0 Å². The van der Waals surface area contributed by atoms with E-state index in [1.807, 2.05) is 35.7 Å². The largest absolute Gasteiger partial charge is 0.351 e. The van der Waals surface area contributed by atoms with Gasteiger partial charge in [0, 0.05) is 30.0 Å². The van der Waals surface area contributed by atoms with Crippen molar-refractivity contribution in [1.82, 2.24) is 5.32 Å². The Labute approximate surface area is 149 Å². The summed E-state index contributed by atoms with van der Waals surface area (Å²) in [4.78, 5) is 25.4. The molecule has 5 nitrogen and oxygen atoms in total. The highest BCUT2D eigenvalue weighted by Gasteiger charge is 2.09. The number of thioether (sulfide) groups is 1. The summed E-state index contributed by atoms with van der Waals surface area (Å²) in [5.41, 5.74) is 0.732. The fraction of sp³-hybridized carbons (Fsp3) is 0.235. The average molecular weight is 359 g/mol. The van der Waals surface area contributed by atoms with Crippen LogP contribution in [0.25, 0.3) is 0 Å². The lowest BCUT2D eigenvalue weighted by Gasteiger charge is -2.10. The molecule has 2 amide bonds. The summed E-state index contributed by atoms with van der Waals surface area (Å²) >= 11 is 2.90. The SMILES string of the molecule is N#CCCSc1ccccc1NC(=O)CCNC(=O)c1cccs1. The van der Waals surface area contributed by atoms with E-state index in [2.05, 4.69) is 16.7 Å². The summed E-state index contributed by atoms with van der Waals surface area (Å²) in [7, 11) is 0. The first kappa shape index (κ1) is 18.0. The number of rotatable bonds is 8. The average Bonchev–Trinajstić information content (AvgIpc) is 3.11. The summed E-state index contributed by atoms with van der Waals surface area (Å²) in [5.74, 6) is 0.361. The summed E-state index contributed by atoms with van der Waals surface area (Å²) in [6, 6.07) is 13.1. The van der Waals surface area contributed by atoms with Gasteiger partial charge in [0.2, 0.25) is 5.91 Å². The van der Waals surface area contributed by atoms with Crippen LogP contribution in [0.1, 0.15) is 22.5 Å². The summed E-state index contributed by atoms with van der Waals surface area (Å²) in [6.45, 7) is 0.284. The lowest BCUT2D eigenvalue weighted by atomic mass is 10.3. The molecule has 1 heterocycles. The molecule has 2 rings (SSSR count). The molecule has 0 fully saturated rings. The van der Waals surface area contributed by atoms with Gasteiger partial charge in [0.1, 0.15) is 0 Å². The number of carbonyl (C=O) groups is 2. The highest BCUT2D eigenvalue weighted by Crippen LogP contribution is 2.27. The topological polar surface area (TPSA) is 82.0 Å². The van der Waals surface area contributed by atoms with Gasteiger partial charge in [0.15, 0.2) is 0 Å². The fourth-order valence-corrected chi connectivity index (χ4v) is 3.40. The Kier molecular flexibility index (Phi) is 7.33. The molecule has 0 bridgehead atoms. The van der Waals surface area contributed by atoms with Gasteiger partial charge < -0.3 is 10.6 Å². The second kappa shape index (κ2) is 9.75. The number of nitriles is 1. The minimum Gasteiger partial charge on any atom is -0.351 e. The number of nitrogens with one attached hydrogen (secondary N) is 2. The fourth-order valence-electron chi connectivity index (χ4n) is 1.90. The Morgan fingerprint density at radius 3 is 2.79 bits per heavy atom. The highest BCUT2D eigenvalue weighted by molar-refractivity contribution is 7.99. The molecule has 0 radical (unpaired) electrons. The monoisotopic (exact) mass is 359 g/mol. The van der Waals surface area contributed by atoms with E-state index < -0.39 is 0 Å². The predicted molar refractivity (Wildman–Crippen MR) is 97.3 cm³/mol. The van der Waals surface area contributed by atoms with Crippen molar-refractivity contribution in [3.8, 4) is 6.07 Å². The van der Waals surface area contributed by atoms with Crippen LogP contribution in [-0.4, -0.2) is 24.1 Å². The molecule has 0 atom stereocenters. The maximum absolute atomic E-state index is 12.0. The smallest absolute Gasteiger partial charge is 0.261 e. The predicted octanol–water partition coefficient (Wildman–Crippen LogP) is 3.51. The summed E-state index contributed by atoms with van der Waals surface area (Å²) < 4.78 is 0. The third kappa shape index (κ3) is 5.72. The number of para-hydroxylation sites is 1. The maximum Gasteiger partial charge on any atom is 0.261 e. The first-order valence-electron chi connectivity index (χ1n) is 7.41. The second-order valence-electron chi connectivity index (χ2n) is 4.78. The van der Waals surface area contributed by atoms with Crippen LogP contribution in [0.15, 0.2) is 46.7 Å². The van der Waals surface area contributed by atoms with Gasteiger partial charge in [-0.1, -0.05) is 18.2 Å². The second-order valence-corrected chi connectivity index (χ2v) is 6.87. The van der Waals surface area contributed by atoms with Crippen molar-refractivity contribution in [3.05, 3.63) is 46.7 Å². The molecular weight excluding hydrogens is 342 g/mol. The van der Waals surface area contributed by atoms with Crippen LogP contribution in [0.5, 0.6) is 0 Å². The van der Waals surface area contributed by atoms with Gasteiger partial charge in [-0.2, -0.15) is 5.26 Å². The first-order valence-corrected chi connectivity index (χ1v) is 9.27. The number of hydrogen-bond donors (Lipinski definition) is 2. The van der Waals surface area contributed by atoms with E-state index in [4.69, 9.17) is 5.26 Å². The number of hydrogen-bond acceptors (Lipinski definition) is 5. The van der Waals surface area contributed by atoms with Crippen molar-refractivity contribution in [2.45, 2.75) is 17.7 Å². The van der Waals surface area contributed by atoms with E-state index in [9.17, 15) is 9.59 Å². The van der Waals surface area contributed by atoms with Crippen LogP contribution in [0.2, 0.25) is 0 Å². The van der Waals surface area contributed by atoms with Crippen molar-refractivity contribution in [2.75, 3.05) is 17.6 Å². The molecule has 2 aromatic rings. The van der Waals surface area contributed by atoms with E-state index in [1.165, 1.54) is 23.1 Å². The van der Waals surface area contributed by atoms with Gasteiger partial charge in [-0.25, -0.2) is 0 Å². The molecule has 0 saturated carbocycles. The van der Waals surface area contributed by atoms with E-state index in [1.54, 1.807) is 6.07 Å². The standard InChI is InChI=1S/C17H17N3O2S2/c18-9-4-12-23-14-6-2-1-5-13(14)20-16(21)8-10-19-17(22)15-7-3-11-24-15/h1-3,5-7,11H,4,8,10,12H2,(H,19,22)(H,20,21). The van der Waals surface area contributed by atoms with Crippen LogP contribution in [0, 0.1) is 11.3 Å². The molecule has 7 heteroatoms. The molecule has 0 saturated heterocycles. The molecule has 1 aromatic carbocycles. The van der Waals surface area contributed by atoms with E-state index in [0.29, 0.717) is 17.1 Å². The van der Waals surface area contributed by atoms with Crippen LogP contribution < -0.4 is 10.6 Å². The molecule has 0 aliphatic rings. The molecule has 24 heavy (non-hydrogen) atoms. The van der Waals surface area contributed by atoms with Crippen LogP contribution in [0.3, 0.4) is 0 Å². The van der Waals surface area contributed by atoms with Gasteiger partial charge in [-0.05, 0) is 23.6 Å². The number of nitrogens with zero attached hydrogens (tertiary/aromatic N) is 1. The van der Waals surface area contributed by atoms with Crippen LogP contribution in [-0.2, 0) is 4.79 Å². The first-order chi connectivity index (χ1) is 11.7. The third-order valence-corrected chi connectivity index (χ3v) is 4.96. The van der Waals surface area contributed by atoms with Gasteiger partial charge in [0.05, 0.1) is 16.6 Å². The summed E-state index contributed by atoms with van der Waals surface area (Å²) in [6.07, 6.45) is 0.663. The zero-order valence-corrected chi connectivity index (χ0v) is 14.6. The lowest BCUT2D eigenvalue weighted by molar-refractivity contribution is -0.116. The molecule has 0 aliphatic carbocycles. The Bertz CT molecular complexity index is 724. The maximum atomic E-state index is 12.0. The quantitative estimate of drug-likeness (QED) is 0.558. The number of benzene rings is 1. The number of amides is 2. The van der Waals surface area contributed by atoms with Gasteiger partial charge in [0.25, 0.3) is 5.91 Å². The van der Waals surface area contributed by atoms with Crippen LogP contribution >= 0.6 is 23.1 Å². The Morgan fingerprint density at radius 1 is 1.21 bits per heavy atom. The third-order valence-electron chi connectivity index (χ3n) is 3.02. The lowest BCUT2D eigenvalue weighted by Crippen LogP contribution is -2.27. The minimum absolute atomic E-state index is 0.158. The minimum atomic E-state index is -0.162. The summed E-state index contributed by atoms with van der Waals surface area (Å²) in [5, 5.41) is 16.0. The molecule has 0 spiro atoms. The molecule has 0 unspecified atom stereocenters. The Morgan fingerprint density at radius 2 is 2.04 bits per heavy atom. The highest BCUT2D eigenvalue weighted by atomic mass is 32.2. The van der Waals surface area contributed by atoms with Gasteiger partial charge in [-0.15, -0.1) is 23.1 Å². The molecule has 2 N–H and O–H groups in total. The number of anilines is 1. The van der Waals surface area contributed by atoms with Crippen molar-refractivity contribution in [2.24, 2.45) is 0 Å². The number of carbonyl (C=O) groups excluding carboxylic acids is 2. The van der Waals surface area contributed by atoms with Gasteiger partial charge >= 0.3 is 0 Å².